The monoisotopic (exact) mass is 265 g/mol. The fourth-order valence-electron chi connectivity index (χ4n) is 1.93. The highest BCUT2D eigenvalue weighted by Gasteiger charge is 2.10. The van der Waals surface area contributed by atoms with Crippen LogP contribution in [0.1, 0.15) is 10.4 Å². The number of hydrogen-bond acceptors (Lipinski definition) is 2. The van der Waals surface area contributed by atoms with E-state index in [0.29, 0.717) is 12.5 Å². The van der Waals surface area contributed by atoms with Gasteiger partial charge in [-0.3, -0.25) is 0 Å². The summed E-state index contributed by atoms with van der Waals surface area (Å²) in [6.45, 7) is 0.713. The van der Waals surface area contributed by atoms with Gasteiger partial charge < -0.3 is 5.73 Å². The van der Waals surface area contributed by atoms with Crippen molar-refractivity contribution in [3.8, 4) is 0 Å². The van der Waals surface area contributed by atoms with E-state index in [-0.39, 0.29) is 0 Å². The highest BCUT2D eigenvalue weighted by atomic mass is 35.5. The van der Waals surface area contributed by atoms with Crippen molar-refractivity contribution in [2.24, 2.45) is 11.7 Å². The molecule has 0 saturated carbocycles. The van der Waals surface area contributed by atoms with Crippen molar-refractivity contribution in [2.45, 2.75) is 12.8 Å². The summed E-state index contributed by atoms with van der Waals surface area (Å²) in [7, 11) is 0. The Kier molecular flexibility index (Phi) is 4.60. The van der Waals surface area contributed by atoms with Gasteiger partial charge in [0.1, 0.15) is 0 Å². The molecular formula is C14H16ClNS. The van der Waals surface area contributed by atoms with Crippen LogP contribution in [0, 0.1) is 5.92 Å². The first-order valence-electron chi connectivity index (χ1n) is 5.76. The first-order valence-corrected chi connectivity index (χ1v) is 6.95. The fraction of sp³-hybridized carbons (Fsp3) is 0.286. The average molecular weight is 266 g/mol. The van der Waals surface area contributed by atoms with E-state index < -0.39 is 0 Å². The molecule has 0 bridgehead atoms. The SMILES string of the molecule is NCC(Cc1ccccc1)Cc1ccc(Cl)s1. The van der Waals surface area contributed by atoms with Crippen molar-refractivity contribution in [3.05, 3.63) is 57.2 Å². The van der Waals surface area contributed by atoms with Gasteiger partial charge in [-0.25, -0.2) is 0 Å². The molecule has 0 amide bonds. The molecule has 0 aliphatic carbocycles. The van der Waals surface area contributed by atoms with Gasteiger partial charge in [0.15, 0.2) is 0 Å². The van der Waals surface area contributed by atoms with Gasteiger partial charge in [0.05, 0.1) is 4.34 Å². The Morgan fingerprint density at radius 2 is 1.82 bits per heavy atom. The van der Waals surface area contributed by atoms with Crippen LogP contribution in [0.15, 0.2) is 42.5 Å². The van der Waals surface area contributed by atoms with Crippen LogP contribution in [0.5, 0.6) is 0 Å². The quantitative estimate of drug-likeness (QED) is 0.875. The van der Waals surface area contributed by atoms with Crippen LogP contribution in [-0.2, 0) is 12.8 Å². The first-order chi connectivity index (χ1) is 8.28. The zero-order valence-corrected chi connectivity index (χ0v) is 11.2. The van der Waals surface area contributed by atoms with E-state index in [9.17, 15) is 0 Å². The molecule has 90 valence electrons. The summed E-state index contributed by atoms with van der Waals surface area (Å²) in [4.78, 5) is 1.32. The van der Waals surface area contributed by atoms with Crippen LogP contribution in [0.2, 0.25) is 4.34 Å². The van der Waals surface area contributed by atoms with E-state index in [0.717, 1.165) is 17.2 Å². The highest BCUT2D eigenvalue weighted by Crippen LogP contribution is 2.24. The number of benzene rings is 1. The molecule has 1 aromatic carbocycles. The molecule has 3 heteroatoms. The summed E-state index contributed by atoms with van der Waals surface area (Å²) < 4.78 is 0.857. The third-order valence-corrected chi connectivity index (χ3v) is 4.07. The molecule has 1 unspecified atom stereocenters. The minimum atomic E-state index is 0.493. The standard InChI is InChI=1S/C14H16ClNS/c15-14-7-6-13(17-14)9-12(10-16)8-11-4-2-1-3-5-11/h1-7,12H,8-10,16H2. The molecule has 0 aliphatic heterocycles. The fourth-order valence-corrected chi connectivity index (χ4v) is 3.13. The number of nitrogens with two attached hydrogens (primary N) is 1. The Balaban J connectivity index is 1.98. The Bertz CT molecular complexity index is 452. The highest BCUT2D eigenvalue weighted by molar-refractivity contribution is 7.16. The topological polar surface area (TPSA) is 26.0 Å². The summed E-state index contributed by atoms with van der Waals surface area (Å²) in [6, 6.07) is 14.6. The van der Waals surface area contributed by atoms with Gasteiger partial charge in [-0.15, -0.1) is 11.3 Å². The maximum Gasteiger partial charge on any atom is 0.0931 e. The van der Waals surface area contributed by atoms with E-state index in [1.54, 1.807) is 11.3 Å². The molecular weight excluding hydrogens is 250 g/mol. The predicted molar refractivity (Wildman–Crippen MR) is 75.7 cm³/mol. The Hall–Kier alpha value is -0.830. The van der Waals surface area contributed by atoms with Crippen molar-refractivity contribution >= 4 is 22.9 Å². The summed E-state index contributed by atoms with van der Waals surface area (Å²) in [5.74, 6) is 0.493. The second-order valence-electron chi connectivity index (χ2n) is 4.20. The lowest BCUT2D eigenvalue weighted by Crippen LogP contribution is -2.18. The predicted octanol–water partition coefficient (Wildman–Crippen LogP) is 3.76. The molecule has 2 rings (SSSR count). The third kappa shape index (κ3) is 3.84. The van der Waals surface area contributed by atoms with Crippen LogP contribution in [0.3, 0.4) is 0 Å². The van der Waals surface area contributed by atoms with E-state index >= 15 is 0 Å². The number of thiophene rings is 1. The van der Waals surface area contributed by atoms with Crippen molar-refractivity contribution in [1.29, 1.82) is 0 Å². The van der Waals surface area contributed by atoms with Gasteiger partial charge in [0.2, 0.25) is 0 Å². The van der Waals surface area contributed by atoms with Crippen molar-refractivity contribution in [3.63, 3.8) is 0 Å². The normalized spacial score (nSPS) is 12.6. The lowest BCUT2D eigenvalue weighted by molar-refractivity contribution is 0.537. The van der Waals surface area contributed by atoms with E-state index in [1.165, 1.54) is 10.4 Å². The molecule has 1 aromatic heterocycles. The van der Waals surface area contributed by atoms with Crippen molar-refractivity contribution in [1.82, 2.24) is 0 Å². The van der Waals surface area contributed by atoms with Gasteiger partial charge >= 0.3 is 0 Å². The van der Waals surface area contributed by atoms with Gasteiger partial charge in [0, 0.05) is 4.88 Å². The Morgan fingerprint density at radius 1 is 1.06 bits per heavy atom. The third-order valence-electron chi connectivity index (χ3n) is 2.82. The molecule has 1 atom stereocenters. The van der Waals surface area contributed by atoms with Crippen LogP contribution < -0.4 is 5.73 Å². The molecule has 1 heterocycles. The number of rotatable bonds is 5. The second kappa shape index (κ2) is 6.20. The van der Waals surface area contributed by atoms with E-state index in [2.05, 4.69) is 30.3 Å². The molecule has 0 radical (unpaired) electrons. The molecule has 0 fully saturated rings. The lowest BCUT2D eigenvalue weighted by Gasteiger charge is -2.13. The van der Waals surface area contributed by atoms with Crippen LogP contribution in [0.4, 0.5) is 0 Å². The summed E-state index contributed by atoms with van der Waals surface area (Å²) >= 11 is 7.59. The summed E-state index contributed by atoms with van der Waals surface area (Å²) in [5.41, 5.74) is 7.20. The van der Waals surface area contributed by atoms with Gasteiger partial charge in [-0.05, 0) is 43.0 Å². The van der Waals surface area contributed by atoms with Crippen LogP contribution in [-0.4, -0.2) is 6.54 Å². The van der Waals surface area contributed by atoms with Gasteiger partial charge in [0.25, 0.3) is 0 Å². The van der Waals surface area contributed by atoms with Crippen molar-refractivity contribution in [2.75, 3.05) is 6.54 Å². The van der Waals surface area contributed by atoms with Crippen LogP contribution >= 0.6 is 22.9 Å². The molecule has 1 nitrogen and oxygen atoms in total. The smallest absolute Gasteiger partial charge is 0.0931 e. The summed E-state index contributed by atoms with van der Waals surface area (Å²) in [5, 5.41) is 0. The maximum atomic E-state index is 5.93. The van der Waals surface area contributed by atoms with Crippen LogP contribution in [0.25, 0.3) is 0 Å². The maximum absolute atomic E-state index is 5.93. The number of hydrogen-bond donors (Lipinski definition) is 1. The molecule has 0 saturated heterocycles. The average Bonchev–Trinajstić information content (AvgIpc) is 2.75. The Morgan fingerprint density at radius 3 is 2.41 bits per heavy atom. The van der Waals surface area contributed by atoms with Gasteiger partial charge in [-0.2, -0.15) is 0 Å². The molecule has 0 aliphatic rings. The van der Waals surface area contributed by atoms with Gasteiger partial charge in [-0.1, -0.05) is 41.9 Å². The second-order valence-corrected chi connectivity index (χ2v) is 6.00. The van der Waals surface area contributed by atoms with E-state index in [1.807, 2.05) is 12.1 Å². The zero-order chi connectivity index (χ0) is 12.1. The summed E-state index contributed by atoms with van der Waals surface area (Å²) in [6.07, 6.45) is 2.05. The lowest BCUT2D eigenvalue weighted by atomic mass is 9.96. The first kappa shape index (κ1) is 12.6. The van der Waals surface area contributed by atoms with Crippen molar-refractivity contribution < 1.29 is 0 Å². The Labute approximate surface area is 111 Å². The minimum Gasteiger partial charge on any atom is -0.330 e. The molecule has 17 heavy (non-hydrogen) atoms. The molecule has 2 N–H and O–H groups in total. The minimum absolute atomic E-state index is 0.493. The number of halogens is 1. The zero-order valence-electron chi connectivity index (χ0n) is 9.60. The molecule has 2 aromatic rings. The largest absolute Gasteiger partial charge is 0.330 e. The van der Waals surface area contributed by atoms with E-state index in [4.69, 9.17) is 17.3 Å². The molecule has 0 spiro atoms.